The second-order valence-corrected chi connectivity index (χ2v) is 26.0. The number of aliphatic hydroxyl groups is 7. The van der Waals surface area contributed by atoms with Crippen LogP contribution in [-0.4, -0.2) is 110 Å². The van der Waals surface area contributed by atoms with Crippen molar-refractivity contribution in [2.75, 3.05) is 13.2 Å². The number of rotatable bonds is 65. The first-order valence-electron chi connectivity index (χ1n) is 36.4. The van der Waals surface area contributed by atoms with Crippen LogP contribution in [0.5, 0.6) is 0 Å². The van der Waals surface area contributed by atoms with Crippen molar-refractivity contribution in [3.05, 3.63) is 0 Å². The van der Waals surface area contributed by atoms with Crippen LogP contribution in [0.1, 0.15) is 380 Å². The van der Waals surface area contributed by atoms with E-state index in [1.54, 1.807) is 0 Å². The fourth-order valence-electron chi connectivity index (χ4n) is 12.3. The van der Waals surface area contributed by atoms with Crippen LogP contribution in [0.4, 0.5) is 0 Å². The molecule has 1 aliphatic heterocycles. The molecule has 0 radical (unpaired) electrons. The number of carbonyl (C=O) groups is 1. The summed E-state index contributed by atoms with van der Waals surface area (Å²) < 4.78 is 11.2. The lowest BCUT2D eigenvalue weighted by Gasteiger charge is -2.40. The molecule has 8 N–H and O–H groups in total. The standard InChI is InChI=1S/C71H141NO10/c1-3-5-7-9-11-13-15-17-19-21-23-25-27-29-31-33-34-36-38-40-42-44-46-48-50-52-54-56-58-63(74)66(76)62(61-81-71-69(79)68(78)67(77)65(60-73)82-71)72-70(80)64(75)59-57-55-53-51-49-47-45-43-41-39-37-35-32-30-28-26-24-22-20-18-16-14-12-10-8-6-4-2/h62-69,71,73-79H,3-61H2,1-2H3,(H,72,80). The van der Waals surface area contributed by atoms with Crippen LogP contribution in [0.15, 0.2) is 0 Å². The van der Waals surface area contributed by atoms with Crippen LogP contribution >= 0.6 is 0 Å². The molecule has 82 heavy (non-hydrogen) atoms. The topological polar surface area (TPSA) is 189 Å². The minimum absolute atomic E-state index is 0.268. The Balaban J connectivity index is 2.17. The summed E-state index contributed by atoms with van der Waals surface area (Å²) in [7, 11) is 0. The molecule has 0 saturated carbocycles. The summed E-state index contributed by atoms with van der Waals surface area (Å²) in [6.07, 6.45) is 61.9. The normalized spacial score (nSPS) is 19.0. The van der Waals surface area contributed by atoms with Gasteiger partial charge in [0.1, 0.15) is 36.6 Å². The zero-order valence-electron chi connectivity index (χ0n) is 54.3. The molecule has 1 heterocycles. The summed E-state index contributed by atoms with van der Waals surface area (Å²) in [6.45, 7) is 3.53. The van der Waals surface area contributed by atoms with Gasteiger partial charge in [0.15, 0.2) is 6.29 Å². The van der Waals surface area contributed by atoms with Crippen molar-refractivity contribution in [2.24, 2.45) is 0 Å². The first kappa shape index (κ1) is 79.1. The van der Waals surface area contributed by atoms with Crippen molar-refractivity contribution in [2.45, 2.75) is 435 Å². The van der Waals surface area contributed by atoms with Crippen LogP contribution in [0.25, 0.3) is 0 Å². The van der Waals surface area contributed by atoms with E-state index in [4.69, 9.17) is 9.47 Å². The minimum Gasteiger partial charge on any atom is -0.394 e. The highest BCUT2D eigenvalue weighted by Gasteiger charge is 2.44. The van der Waals surface area contributed by atoms with Gasteiger partial charge in [-0.1, -0.05) is 367 Å². The Morgan fingerprint density at radius 1 is 0.378 bits per heavy atom. The number of aliphatic hydroxyl groups excluding tert-OH is 7. The maximum atomic E-state index is 13.3. The first-order valence-corrected chi connectivity index (χ1v) is 36.4. The molecule has 0 spiro atoms. The second-order valence-electron chi connectivity index (χ2n) is 26.0. The highest BCUT2D eigenvalue weighted by molar-refractivity contribution is 5.80. The number of carbonyl (C=O) groups excluding carboxylic acids is 1. The van der Waals surface area contributed by atoms with E-state index in [2.05, 4.69) is 19.2 Å². The van der Waals surface area contributed by atoms with Gasteiger partial charge in [-0.25, -0.2) is 0 Å². The first-order chi connectivity index (χ1) is 40.2. The van der Waals surface area contributed by atoms with Gasteiger partial charge in [-0.05, 0) is 12.8 Å². The average molecular weight is 1170 g/mol. The Kier molecular flexibility index (Phi) is 58.3. The molecule has 1 amide bonds. The molecule has 1 aliphatic rings. The number of amides is 1. The molecule has 9 atom stereocenters. The van der Waals surface area contributed by atoms with Gasteiger partial charge >= 0.3 is 0 Å². The molecule has 0 aromatic carbocycles. The van der Waals surface area contributed by atoms with Crippen molar-refractivity contribution in [1.82, 2.24) is 5.32 Å². The van der Waals surface area contributed by atoms with Gasteiger partial charge in [-0.2, -0.15) is 0 Å². The molecule has 11 nitrogen and oxygen atoms in total. The Morgan fingerprint density at radius 2 is 0.634 bits per heavy atom. The maximum absolute atomic E-state index is 13.3. The largest absolute Gasteiger partial charge is 0.394 e. The van der Waals surface area contributed by atoms with Crippen LogP contribution in [-0.2, 0) is 14.3 Å². The Hall–Kier alpha value is -0.890. The van der Waals surface area contributed by atoms with Gasteiger partial charge in [0, 0.05) is 0 Å². The molecule has 0 bridgehead atoms. The Morgan fingerprint density at radius 3 is 0.902 bits per heavy atom. The predicted molar refractivity (Wildman–Crippen MR) is 344 cm³/mol. The van der Waals surface area contributed by atoms with E-state index in [-0.39, 0.29) is 6.42 Å². The van der Waals surface area contributed by atoms with Crippen LogP contribution < -0.4 is 5.32 Å². The fraction of sp³-hybridized carbons (Fsp3) is 0.986. The van der Waals surface area contributed by atoms with Gasteiger partial charge < -0.3 is 50.5 Å². The van der Waals surface area contributed by atoms with E-state index in [0.29, 0.717) is 19.3 Å². The van der Waals surface area contributed by atoms with Gasteiger partial charge in [-0.3, -0.25) is 4.79 Å². The molecule has 9 unspecified atom stereocenters. The van der Waals surface area contributed by atoms with Crippen molar-refractivity contribution in [1.29, 1.82) is 0 Å². The smallest absolute Gasteiger partial charge is 0.249 e. The monoisotopic (exact) mass is 1170 g/mol. The van der Waals surface area contributed by atoms with Crippen molar-refractivity contribution in [3.63, 3.8) is 0 Å². The number of ether oxygens (including phenoxy) is 2. The average Bonchev–Trinajstić information content (AvgIpc) is 3.53. The molecule has 0 aromatic rings. The Labute approximate surface area is 507 Å². The zero-order chi connectivity index (χ0) is 59.6. The number of hydrogen-bond acceptors (Lipinski definition) is 10. The number of unbranched alkanes of at least 4 members (excludes halogenated alkanes) is 53. The molecule has 0 aliphatic carbocycles. The summed E-state index contributed by atoms with van der Waals surface area (Å²) in [6, 6.07) is -1.16. The maximum Gasteiger partial charge on any atom is 0.249 e. The molecule has 11 heteroatoms. The highest BCUT2D eigenvalue weighted by atomic mass is 16.7. The fourth-order valence-corrected chi connectivity index (χ4v) is 12.3. The molecule has 1 saturated heterocycles. The summed E-state index contributed by atoms with van der Waals surface area (Å²) >= 11 is 0. The second kappa shape index (κ2) is 60.4. The molecule has 490 valence electrons. The number of nitrogens with one attached hydrogen (secondary N) is 1. The van der Waals surface area contributed by atoms with E-state index < -0.39 is 74.2 Å². The van der Waals surface area contributed by atoms with E-state index in [1.807, 2.05) is 0 Å². The van der Waals surface area contributed by atoms with E-state index >= 15 is 0 Å². The third-order valence-electron chi connectivity index (χ3n) is 18.2. The third-order valence-corrected chi connectivity index (χ3v) is 18.2. The van der Waals surface area contributed by atoms with E-state index in [9.17, 15) is 40.5 Å². The Bertz CT molecular complexity index is 1290. The molecule has 0 aromatic heterocycles. The van der Waals surface area contributed by atoms with Gasteiger partial charge in [0.2, 0.25) is 5.91 Å². The summed E-state index contributed by atoms with van der Waals surface area (Å²) in [5.74, 6) is -0.686. The van der Waals surface area contributed by atoms with Crippen LogP contribution in [0.3, 0.4) is 0 Å². The number of hydrogen-bond donors (Lipinski definition) is 8. The van der Waals surface area contributed by atoms with Crippen molar-refractivity contribution in [3.8, 4) is 0 Å². The lowest BCUT2D eigenvalue weighted by Crippen LogP contribution is -2.60. The molecule has 1 fully saturated rings. The van der Waals surface area contributed by atoms with Crippen molar-refractivity contribution < 1.29 is 50.0 Å². The minimum atomic E-state index is -1.66. The zero-order valence-corrected chi connectivity index (χ0v) is 54.3. The van der Waals surface area contributed by atoms with Crippen molar-refractivity contribution >= 4 is 5.91 Å². The van der Waals surface area contributed by atoms with Crippen LogP contribution in [0, 0.1) is 0 Å². The predicted octanol–water partition coefficient (Wildman–Crippen LogP) is 17.6. The van der Waals surface area contributed by atoms with Crippen LogP contribution in [0.2, 0.25) is 0 Å². The molecular formula is C71H141NO10. The summed E-state index contributed by atoms with van der Waals surface area (Å²) in [4.78, 5) is 13.3. The van der Waals surface area contributed by atoms with Gasteiger partial charge in [-0.15, -0.1) is 0 Å². The quantitative estimate of drug-likeness (QED) is 0.0272. The SMILES string of the molecule is CCCCCCCCCCCCCCCCCCCCCCCCCCCCCCC(O)C(O)C(COC1OC(CO)C(O)C(O)C1O)NC(=O)C(O)CCCCCCCCCCCCCCCCCCCCCCCCCCCCC. The van der Waals surface area contributed by atoms with Gasteiger partial charge in [0.05, 0.1) is 25.4 Å². The summed E-state index contributed by atoms with van der Waals surface area (Å²) in [5.41, 5.74) is 0. The van der Waals surface area contributed by atoms with Gasteiger partial charge in [0.25, 0.3) is 0 Å². The lowest BCUT2D eigenvalue weighted by atomic mass is 9.98. The van der Waals surface area contributed by atoms with E-state index in [1.165, 1.54) is 302 Å². The molecule has 1 rings (SSSR count). The third kappa shape index (κ3) is 47.2. The highest BCUT2D eigenvalue weighted by Crippen LogP contribution is 2.24. The summed E-state index contributed by atoms with van der Waals surface area (Å²) in [5, 5.41) is 76.6. The molecular weight excluding hydrogens is 1030 g/mol. The van der Waals surface area contributed by atoms with E-state index in [0.717, 1.165) is 38.5 Å². The lowest BCUT2D eigenvalue weighted by molar-refractivity contribution is -0.303.